The molecule has 0 aliphatic rings. The van der Waals surface area contributed by atoms with E-state index in [2.05, 4.69) is 0 Å². The van der Waals surface area contributed by atoms with E-state index in [0.29, 0.717) is 0 Å². The van der Waals surface area contributed by atoms with Gasteiger partial charge in [-0.3, -0.25) is 9.59 Å². The Morgan fingerprint density at radius 2 is 1.50 bits per heavy atom. The topological polar surface area (TPSA) is 132 Å². The van der Waals surface area contributed by atoms with Crippen LogP contribution in [0.2, 0.25) is 0 Å². The Kier molecular flexibility index (Phi) is 7.32. The normalized spacial score (nSPS) is 13.5. The van der Waals surface area contributed by atoms with Crippen molar-refractivity contribution in [1.82, 2.24) is 0 Å². The molecule has 8 heteroatoms. The third-order valence-corrected chi connectivity index (χ3v) is 1.35. The average molecular weight is 218 g/mol. The molecule has 0 aromatic rings. The van der Waals surface area contributed by atoms with Crippen molar-refractivity contribution in [2.75, 3.05) is 0 Å². The minimum atomic E-state index is -2.20. The van der Waals surface area contributed by atoms with E-state index in [9.17, 15) is 14.4 Å². The van der Waals surface area contributed by atoms with Crippen molar-refractivity contribution in [3.8, 4) is 0 Å². The van der Waals surface area contributed by atoms with Gasteiger partial charge >= 0.3 is 41.0 Å². The third-order valence-electron chi connectivity index (χ3n) is 1.35. The molecule has 0 aliphatic carbocycles. The Balaban J connectivity index is -0.000000240. The number of carboxylic acid groups (broad SMARTS) is 3. The molecule has 0 rings (SSSR count). The molecule has 7 nitrogen and oxygen atoms in total. The van der Waals surface area contributed by atoms with E-state index in [1.54, 1.807) is 0 Å². The van der Waals surface area contributed by atoms with Crippen molar-refractivity contribution in [2.45, 2.75) is 12.5 Å². The van der Waals surface area contributed by atoms with Crippen molar-refractivity contribution in [3.05, 3.63) is 0 Å². The second kappa shape index (κ2) is 6.57. The van der Waals surface area contributed by atoms with E-state index in [4.69, 9.17) is 20.4 Å². The molecule has 0 amide bonds. The number of hydrogen-bond donors (Lipinski definition) is 4. The first-order valence-electron chi connectivity index (χ1n) is 3.21. The SMILES string of the molecule is O=C(O)CC(C(=O)O)C(O)C(=O)O.[H-].[H-].[Mg+2]. The monoisotopic (exact) mass is 218 g/mol. The summed E-state index contributed by atoms with van der Waals surface area (Å²) >= 11 is 0. The number of carboxylic acids is 3. The quantitative estimate of drug-likeness (QED) is 0.411. The molecule has 78 valence electrons. The van der Waals surface area contributed by atoms with Crippen LogP contribution in [0, 0.1) is 5.92 Å². The molecule has 0 aromatic carbocycles. The summed E-state index contributed by atoms with van der Waals surface area (Å²) in [6, 6.07) is 0. The first-order chi connectivity index (χ1) is 5.86. The van der Waals surface area contributed by atoms with E-state index in [1.807, 2.05) is 0 Å². The first kappa shape index (κ1) is 15.6. The predicted molar refractivity (Wildman–Crippen MR) is 45.0 cm³/mol. The molecule has 0 fully saturated rings. The molecular formula is C6H10MgO7. The van der Waals surface area contributed by atoms with Crippen LogP contribution < -0.4 is 0 Å². The second-order valence-electron chi connectivity index (χ2n) is 2.33. The second-order valence-corrected chi connectivity index (χ2v) is 2.33. The van der Waals surface area contributed by atoms with Gasteiger partial charge < -0.3 is 23.3 Å². The summed E-state index contributed by atoms with van der Waals surface area (Å²) in [5.74, 6) is -6.71. The van der Waals surface area contributed by atoms with E-state index in [0.717, 1.165) is 0 Å². The molecule has 0 saturated carbocycles. The van der Waals surface area contributed by atoms with Crippen LogP contribution in [0.25, 0.3) is 0 Å². The Morgan fingerprint density at radius 3 is 1.71 bits per heavy atom. The largest absolute Gasteiger partial charge is 2.00 e. The standard InChI is InChI=1S/C6H8O7.Mg.2H/c7-3(8)1-2(5(10)11)4(9)6(12)13;;;/h2,4,9H,1H2,(H,7,8)(H,10,11)(H,12,13);;;/q;+2;2*-1. The van der Waals surface area contributed by atoms with Gasteiger partial charge in [0.15, 0.2) is 6.10 Å². The Morgan fingerprint density at radius 1 is 1.07 bits per heavy atom. The van der Waals surface area contributed by atoms with Crippen molar-refractivity contribution < 1.29 is 37.7 Å². The van der Waals surface area contributed by atoms with Gasteiger partial charge in [-0.15, -0.1) is 0 Å². The van der Waals surface area contributed by atoms with Crippen LogP contribution in [0.5, 0.6) is 0 Å². The van der Waals surface area contributed by atoms with Gasteiger partial charge in [0.05, 0.1) is 6.42 Å². The Labute approximate surface area is 97.5 Å². The number of aliphatic hydroxyl groups excluding tert-OH is 1. The van der Waals surface area contributed by atoms with Gasteiger partial charge in [-0.2, -0.15) is 0 Å². The van der Waals surface area contributed by atoms with Gasteiger partial charge in [-0.1, -0.05) is 0 Å². The molecule has 0 heterocycles. The van der Waals surface area contributed by atoms with Gasteiger partial charge in [0, 0.05) is 0 Å². The molecule has 0 bridgehead atoms. The van der Waals surface area contributed by atoms with Crippen molar-refractivity contribution in [2.24, 2.45) is 5.92 Å². The summed E-state index contributed by atoms with van der Waals surface area (Å²) in [7, 11) is 0. The van der Waals surface area contributed by atoms with Crippen LogP contribution in [-0.4, -0.2) is 67.5 Å². The zero-order chi connectivity index (χ0) is 10.6. The zero-order valence-corrected chi connectivity index (χ0v) is 8.50. The molecule has 2 unspecified atom stereocenters. The van der Waals surface area contributed by atoms with Gasteiger partial charge in [-0.25, -0.2) is 4.79 Å². The summed E-state index contributed by atoms with van der Waals surface area (Å²) in [6.07, 6.45) is -3.13. The fourth-order valence-electron chi connectivity index (χ4n) is 0.694. The van der Waals surface area contributed by atoms with Crippen LogP contribution >= 0.6 is 0 Å². The van der Waals surface area contributed by atoms with Gasteiger partial charge in [0.2, 0.25) is 0 Å². The minimum Gasteiger partial charge on any atom is -1.00 e. The minimum absolute atomic E-state index is 0. The predicted octanol–water partition coefficient (Wildman–Crippen LogP) is -1.55. The van der Waals surface area contributed by atoms with Crippen molar-refractivity contribution in [1.29, 1.82) is 0 Å². The maximum absolute atomic E-state index is 10.3. The molecule has 0 aliphatic heterocycles. The summed E-state index contributed by atoms with van der Waals surface area (Å²) < 4.78 is 0. The Hall–Kier alpha value is -0.864. The number of hydrogen-bond acceptors (Lipinski definition) is 4. The summed E-state index contributed by atoms with van der Waals surface area (Å²) in [6.45, 7) is 0. The maximum Gasteiger partial charge on any atom is 2.00 e. The summed E-state index contributed by atoms with van der Waals surface area (Å²) in [4.78, 5) is 30.5. The fraction of sp³-hybridized carbons (Fsp3) is 0.500. The van der Waals surface area contributed by atoms with Gasteiger partial charge in [-0.05, 0) is 0 Å². The van der Waals surface area contributed by atoms with Crippen LogP contribution in [0.3, 0.4) is 0 Å². The first-order valence-corrected chi connectivity index (χ1v) is 3.21. The maximum atomic E-state index is 10.3. The molecule has 0 radical (unpaired) electrons. The van der Waals surface area contributed by atoms with E-state index in [-0.39, 0.29) is 25.9 Å². The number of carbonyl (C=O) groups is 3. The van der Waals surface area contributed by atoms with Gasteiger partial charge in [0.1, 0.15) is 5.92 Å². The van der Waals surface area contributed by atoms with Crippen LogP contribution in [0.4, 0.5) is 0 Å². The van der Waals surface area contributed by atoms with Crippen LogP contribution in [-0.2, 0) is 14.4 Å². The molecule has 0 saturated heterocycles. The van der Waals surface area contributed by atoms with Crippen LogP contribution in [0.15, 0.2) is 0 Å². The van der Waals surface area contributed by atoms with Gasteiger partial charge in [0.25, 0.3) is 0 Å². The summed E-state index contributed by atoms with van der Waals surface area (Å²) in [5.41, 5.74) is 0. The van der Waals surface area contributed by atoms with E-state index < -0.39 is 36.4 Å². The summed E-state index contributed by atoms with van der Waals surface area (Å²) in [5, 5.41) is 33.5. The number of aliphatic hydroxyl groups is 1. The Bertz CT molecular complexity index is 247. The molecule has 4 N–H and O–H groups in total. The van der Waals surface area contributed by atoms with Crippen molar-refractivity contribution in [3.63, 3.8) is 0 Å². The molecule has 0 aromatic heterocycles. The van der Waals surface area contributed by atoms with Crippen molar-refractivity contribution >= 4 is 41.0 Å². The average Bonchev–Trinajstić information content (AvgIpc) is 1.97. The zero-order valence-electron chi connectivity index (χ0n) is 9.08. The number of rotatable bonds is 5. The molecule has 2 atom stereocenters. The number of aliphatic carboxylic acids is 3. The van der Waals surface area contributed by atoms with Crippen LogP contribution in [0.1, 0.15) is 9.27 Å². The molecular weight excluding hydrogens is 208 g/mol. The fourth-order valence-corrected chi connectivity index (χ4v) is 0.694. The van der Waals surface area contributed by atoms with E-state index >= 15 is 0 Å². The van der Waals surface area contributed by atoms with E-state index in [1.165, 1.54) is 0 Å². The third kappa shape index (κ3) is 4.99. The molecule has 0 spiro atoms. The molecule has 14 heavy (non-hydrogen) atoms. The smallest absolute Gasteiger partial charge is 1.00 e.